The first kappa shape index (κ1) is 18.5. The van der Waals surface area contributed by atoms with Crippen LogP contribution >= 0.6 is 0 Å². The lowest BCUT2D eigenvalue weighted by Crippen LogP contribution is -2.43. The Balaban J connectivity index is 2.21. The molecule has 1 aromatic carbocycles. The Kier molecular flexibility index (Phi) is 7.59. The fourth-order valence-corrected chi connectivity index (χ4v) is 1.92. The molecule has 7 heteroatoms. The molecule has 0 radical (unpaired) electrons. The Morgan fingerprint density at radius 1 is 1.00 bits per heavy atom. The first-order chi connectivity index (χ1) is 10.9. The van der Waals surface area contributed by atoms with Crippen molar-refractivity contribution in [3.05, 3.63) is 29.3 Å². The zero-order chi connectivity index (χ0) is 17.2. The summed E-state index contributed by atoms with van der Waals surface area (Å²) in [6.07, 6.45) is 0.707. The van der Waals surface area contributed by atoms with Crippen LogP contribution in [0.5, 0.6) is 5.75 Å². The predicted molar refractivity (Wildman–Crippen MR) is 85.6 cm³/mol. The maximum absolute atomic E-state index is 11.6. The van der Waals surface area contributed by atoms with Crippen LogP contribution < -0.4 is 20.9 Å². The van der Waals surface area contributed by atoms with Gasteiger partial charge in [0.2, 0.25) is 11.8 Å². The summed E-state index contributed by atoms with van der Waals surface area (Å²) in [6, 6.07) is 5.68. The summed E-state index contributed by atoms with van der Waals surface area (Å²) in [6.45, 7) is 5.54. The van der Waals surface area contributed by atoms with Gasteiger partial charge in [-0.2, -0.15) is 0 Å². The van der Waals surface area contributed by atoms with Gasteiger partial charge >= 0.3 is 0 Å². The smallest absolute Gasteiger partial charge is 0.276 e. The number of nitrogens with one attached hydrogen (secondary N) is 3. The van der Waals surface area contributed by atoms with Crippen molar-refractivity contribution in [3.63, 3.8) is 0 Å². The number of benzene rings is 1. The molecule has 0 aliphatic heterocycles. The van der Waals surface area contributed by atoms with Gasteiger partial charge in [-0.1, -0.05) is 6.07 Å². The lowest BCUT2D eigenvalue weighted by atomic mass is 10.1. The Hall–Kier alpha value is -2.57. The molecule has 0 fully saturated rings. The molecule has 0 spiro atoms. The highest BCUT2D eigenvalue weighted by molar-refractivity contribution is 5.82. The van der Waals surface area contributed by atoms with E-state index in [1.54, 1.807) is 0 Å². The third-order valence-electron chi connectivity index (χ3n) is 2.86. The quantitative estimate of drug-likeness (QED) is 0.510. The second-order valence-electron chi connectivity index (χ2n) is 5.29. The average Bonchev–Trinajstić information content (AvgIpc) is 2.46. The van der Waals surface area contributed by atoms with Crippen LogP contribution in [0.3, 0.4) is 0 Å². The van der Waals surface area contributed by atoms with Crippen LogP contribution in [0, 0.1) is 13.8 Å². The van der Waals surface area contributed by atoms with Crippen LogP contribution in [0.15, 0.2) is 18.2 Å². The lowest BCUT2D eigenvalue weighted by Gasteiger charge is -2.10. The van der Waals surface area contributed by atoms with E-state index in [9.17, 15) is 14.4 Å². The Bertz CT molecular complexity index is 552. The summed E-state index contributed by atoms with van der Waals surface area (Å²) < 4.78 is 5.38. The number of hydrogen-bond donors (Lipinski definition) is 3. The first-order valence-electron chi connectivity index (χ1n) is 7.40. The molecule has 1 rings (SSSR count). The number of carbonyl (C=O) groups excluding carboxylic acids is 3. The van der Waals surface area contributed by atoms with E-state index in [2.05, 4.69) is 16.2 Å². The molecule has 3 amide bonds. The van der Waals surface area contributed by atoms with E-state index >= 15 is 0 Å². The van der Waals surface area contributed by atoms with E-state index in [1.807, 2.05) is 32.0 Å². The highest BCUT2D eigenvalue weighted by Gasteiger charge is 2.06. The van der Waals surface area contributed by atoms with Crippen molar-refractivity contribution in [1.82, 2.24) is 16.2 Å². The normalized spacial score (nSPS) is 9.87. The SMILES string of the molecule is CC(=O)NCCCC(=O)NNC(=O)COc1cc(C)cc(C)c1. The van der Waals surface area contributed by atoms with Gasteiger partial charge < -0.3 is 10.1 Å². The molecule has 0 saturated carbocycles. The maximum Gasteiger partial charge on any atom is 0.276 e. The van der Waals surface area contributed by atoms with Gasteiger partial charge in [-0.05, 0) is 43.5 Å². The summed E-state index contributed by atoms with van der Waals surface area (Å²) in [5.41, 5.74) is 6.68. The first-order valence-corrected chi connectivity index (χ1v) is 7.40. The van der Waals surface area contributed by atoms with E-state index < -0.39 is 5.91 Å². The number of ether oxygens (including phenoxy) is 1. The van der Waals surface area contributed by atoms with Gasteiger partial charge in [0.1, 0.15) is 5.75 Å². The Labute approximate surface area is 135 Å². The molecule has 0 unspecified atom stereocenters. The molecule has 0 bridgehead atoms. The van der Waals surface area contributed by atoms with Crippen LogP contribution in [0.25, 0.3) is 0 Å². The van der Waals surface area contributed by atoms with Gasteiger partial charge in [-0.3, -0.25) is 25.2 Å². The van der Waals surface area contributed by atoms with E-state index in [1.165, 1.54) is 6.92 Å². The summed E-state index contributed by atoms with van der Waals surface area (Å²) in [5, 5.41) is 2.59. The van der Waals surface area contributed by atoms with Crippen molar-refractivity contribution in [3.8, 4) is 5.75 Å². The minimum atomic E-state index is -0.445. The molecule has 23 heavy (non-hydrogen) atoms. The number of hydrazine groups is 1. The second kappa shape index (κ2) is 9.45. The number of rotatable bonds is 7. The Morgan fingerprint density at radius 2 is 1.61 bits per heavy atom. The summed E-state index contributed by atoms with van der Waals surface area (Å²) >= 11 is 0. The molecule has 0 saturated heterocycles. The molecule has 3 N–H and O–H groups in total. The van der Waals surface area contributed by atoms with Crippen molar-refractivity contribution in [2.75, 3.05) is 13.2 Å². The molecule has 126 valence electrons. The molecule has 0 atom stereocenters. The molecule has 0 aliphatic carbocycles. The Morgan fingerprint density at radius 3 is 2.22 bits per heavy atom. The van der Waals surface area contributed by atoms with Gasteiger partial charge in [0, 0.05) is 19.9 Å². The van der Waals surface area contributed by atoms with Gasteiger partial charge in [0.25, 0.3) is 5.91 Å². The summed E-state index contributed by atoms with van der Waals surface area (Å²) in [4.78, 5) is 33.7. The van der Waals surface area contributed by atoms with Crippen molar-refractivity contribution in [1.29, 1.82) is 0 Å². The lowest BCUT2D eigenvalue weighted by molar-refractivity contribution is -0.130. The van der Waals surface area contributed by atoms with Crippen LogP contribution in [0.1, 0.15) is 30.9 Å². The van der Waals surface area contributed by atoms with E-state index in [4.69, 9.17) is 4.74 Å². The largest absolute Gasteiger partial charge is 0.484 e. The number of hydrogen-bond acceptors (Lipinski definition) is 4. The average molecular weight is 321 g/mol. The van der Waals surface area contributed by atoms with Crippen molar-refractivity contribution in [2.24, 2.45) is 0 Å². The van der Waals surface area contributed by atoms with Gasteiger partial charge in [0.05, 0.1) is 0 Å². The molecular weight excluding hydrogens is 298 g/mol. The monoisotopic (exact) mass is 321 g/mol. The van der Waals surface area contributed by atoms with Crippen LogP contribution in [-0.4, -0.2) is 30.9 Å². The topological polar surface area (TPSA) is 96.5 Å². The third-order valence-corrected chi connectivity index (χ3v) is 2.86. The van der Waals surface area contributed by atoms with Crippen LogP contribution in [-0.2, 0) is 14.4 Å². The number of carbonyl (C=O) groups is 3. The molecular formula is C16H23N3O4. The van der Waals surface area contributed by atoms with Crippen LogP contribution in [0.4, 0.5) is 0 Å². The molecule has 7 nitrogen and oxygen atoms in total. The fraction of sp³-hybridized carbons (Fsp3) is 0.438. The zero-order valence-corrected chi connectivity index (χ0v) is 13.7. The molecule has 0 aliphatic rings. The second-order valence-corrected chi connectivity index (χ2v) is 5.29. The van der Waals surface area contributed by atoms with E-state index in [0.29, 0.717) is 18.7 Å². The minimum Gasteiger partial charge on any atom is -0.484 e. The maximum atomic E-state index is 11.6. The highest BCUT2D eigenvalue weighted by atomic mass is 16.5. The fourth-order valence-electron chi connectivity index (χ4n) is 1.92. The van der Waals surface area contributed by atoms with Gasteiger partial charge in [-0.15, -0.1) is 0 Å². The summed E-state index contributed by atoms with van der Waals surface area (Å²) in [7, 11) is 0. The van der Waals surface area contributed by atoms with Gasteiger partial charge in [0.15, 0.2) is 6.61 Å². The molecule has 1 aromatic rings. The molecule has 0 aromatic heterocycles. The standard InChI is InChI=1S/C16H23N3O4/c1-11-7-12(2)9-14(8-11)23-10-16(22)19-18-15(21)5-4-6-17-13(3)20/h7-9H,4-6,10H2,1-3H3,(H,17,20)(H,18,21)(H,19,22). The van der Waals surface area contributed by atoms with Crippen molar-refractivity contribution >= 4 is 17.7 Å². The van der Waals surface area contributed by atoms with Gasteiger partial charge in [-0.25, -0.2) is 0 Å². The molecule has 0 heterocycles. The van der Waals surface area contributed by atoms with Crippen LogP contribution in [0.2, 0.25) is 0 Å². The van der Waals surface area contributed by atoms with Crippen molar-refractivity contribution < 1.29 is 19.1 Å². The minimum absolute atomic E-state index is 0.137. The third kappa shape index (κ3) is 8.45. The van der Waals surface area contributed by atoms with Crippen molar-refractivity contribution in [2.45, 2.75) is 33.6 Å². The summed E-state index contributed by atoms with van der Waals surface area (Å²) in [5.74, 6) is -0.295. The predicted octanol–water partition coefficient (Wildman–Crippen LogP) is 0.746. The highest BCUT2D eigenvalue weighted by Crippen LogP contribution is 2.15. The number of amides is 3. The van der Waals surface area contributed by atoms with E-state index in [0.717, 1.165) is 11.1 Å². The zero-order valence-electron chi connectivity index (χ0n) is 13.7. The number of aryl methyl sites for hydroxylation is 2. The van der Waals surface area contributed by atoms with E-state index in [-0.39, 0.29) is 24.8 Å².